The molecule has 1 aliphatic heterocycles. The SMILES string of the molecule is CCOP1(=O)CCN(Cc2ccc3[nH]ncc3c2)CC1(CCCCN(C(=O)OC(C)(C)C)C(=O)OC(C)(C)C)C(=O)O. The second kappa shape index (κ2) is 13.1. The number of hydrogen-bond donors (Lipinski definition) is 2. The first-order chi connectivity index (χ1) is 19.5. The fourth-order valence-corrected chi connectivity index (χ4v) is 8.05. The summed E-state index contributed by atoms with van der Waals surface area (Å²) < 4.78 is 30.7. The van der Waals surface area contributed by atoms with E-state index in [0.717, 1.165) is 21.4 Å². The Bertz CT molecular complexity index is 1290. The number of hydrogen-bond acceptors (Lipinski definition) is 9. The van der Waals surface area contributed by atoms with Crippen molar-refractivity contribution in [3.8, 4) is 0 Å². The predicted octanol–water partition coefficient (Wildman–Crippen LogP) is 5.86. The average Bonchev–Trinajstić information content (AvgIpc) is 3.31. The van der Waals surface area contributed by atoms with E-state index in [4.69, 9.17) is 14.0 Å². The van der Waals surface area contributed by atoms with Crippen molar-refractivity contribution in [2.24, 2.45) is 0 Å². The van der Waals surface area contributed by atoms with Crippen molar-refractivity contribution in [1.29, 1.82) is 0 Å². The molecule has 0 radical (unpaired) electrons. The number of benzene rings is 1. The van der Waals surface area contributed by atoms with E-state index < -0.39 is 41.9 Å². The van der Waals surface area contributed by atoms with Gasteiger partial charge in [0, 0.05) is 37.7 Å². The molecule has 2 aromatic rings. The van der Waals surface area contributed by atoms with Crippen molar-refractivity contribution in [2.45, 2.75) is 90.6 Å². The minimum absolute atomic E-state index is 0.0465. The molecule has 12 nitrogen and oxygen atoms in total. The summed E-state index contributed by atoms with van der Waals surface area (Å²) in [6, 6.07) is 5.89. The molecule has 2 heterocycles. The van der Waals surface area contributed by atoms with Gasteiger partial charge in [0.05, 0.1) is 18.3 Å². The maximum atomic E-state index is 14.1. The standard InChI is InChI=1S/C29H45N4O8P/c1-8-39-42(38)16-15-32(19-21-11-12-23-22(17-21)18-30-31-23)20-29(42,24(34)35)13-9-10-14-33(25(36)40-27(2,3)4)26(37)41-28(5,6)7/h11-12,17-18H,8-10,13-16,19-20H2,1-7H3,(H,30,31)(H,34,35). The van der Waals surface area contributed by atoms with Crippen molar-refractivity contribution in [3.05, 3.63) is 30.0 Å². The van der Waals surface area contributed by atoms with E-state index in [9.17, 15) is 24.1 Å². The molecule has 1 saturated heterocycles. The molecule has 2 N–H and O–H groups in total. The van der Waals surface area contributed by atoms with Gasteiger partial charge in [-0.3, -0.25) is 19.4 Å². The highest BCUT2D eigenvalue weighted by Gasteiger charge is 2.58. The quantitative estimate of drug-likeness (QED) is 0.248. The Morgan fingerprint density at radius 1 is 1.10 bits per heavy atom. The normalized spacial score (nSPS) is 21.7. The van der Waals surface area contributed by atoms with Gasteiger partial charge in [-0.1, -0.05) is 6.07 Å². The molecule has 2 amide bonds. The lowest BCUT2D eigenvalue weighted by Gasteiger charge is -2.45. The number of rotatable bonds is 10. The topological polar surface area (TPSA) is 151 Å². The molecular weight excluding hydrogens is 563 g/mol. The Morgan fingerprint density at radius 2 is 1.74 bits per heavy atom. The first-order valence-corrected chi connectivity index (χ1v) is 16.1. The minimum atomic E-state index is -3.59. The predicted molar refractivity (Wildman–Crippen MR) is 159 cm³/mol. The number of aromatic nitrogens is 2. The number of carboxylic acids is 1. The summed E-state index contributed by atoms with van der Waals surface area (Å²) in [6.07, 6.45) is 0.747. The highest BCUT2D eigenvalue weighted by Crippen LogP contribution is 2.63. The zero-order valence-corrected chi connectivity index (χ0v) is 26.7. The number of nitrogens with one attached hydrogen (secondary N) is 1. The first kappa shape index (κ1) is 33.6. The first-order valence-electron chi connectivity index (χ1n) is 14.3. The number of ether oxygens (including phenoxy) is 2. The van der Waals surface area contributed by atoms with Gasteiger partial charge in [0.25, 0.3) is 0 Å². The summed E-state index contributed by atoms with van der Waals surface area (Å²) >= 11 is 0. The van der Waals surface area contributed by atoms with Crippen molar-refractivity contribution in [3.63, 3.8) is 0 Å². The molecule has 13 heteroatoms. The number of carboxylic acid groups (broad SMARTS) is 1. The number of nitrogens with zero attached hydrogens (tertiary/aromatic N) is 3. The summed E-state index contributed by atoms with van der Waals surface area (Å²) in [5.74, 6) is -1.18. The highest BCUT2D eigenvalue weighted by molar-refractivity contribution is 7.62. The van der Waals surface area contributed by atoms with Crippen LogP contribution in [0.5, 0.6) is 0 Å². The zero-order chi connectivity index (χ0) is 31.3. The molecule has 0 aliphatic carbocycles. The lowest BCUT2D eigenvalue weighted by Crippen LogP contribution is -2.54. The summed E-state index contributed by atoms with van der Waals surface area (Å²) in [5.41, 5.74) is 0.233. The monoisotopic (exact) mass is 608 g/mol. The Labute approximate surface area is 247 Å². The number of carbonyl (C=O) groups is 3. The van der Waals surface area contributed by atoms with Gasteiger partial charge < -0.3 is 19.1 Å². The second-order valence-corrected chi connectivity index (χ2v) is 15.6. The fraction of sp³-hybridized carbons (Fsp3) is 0.655. The number of aliphatic carboxylic acids is 1. The number of carbonyl (C=O) groups excluding carboxylic acids is 2. The van der Waals surface area contributed by atoms with Crippen LogP contribution in [-0.4, -0.2) is 92.0 Å². The van der Waals surface area contributed by atoms with Gasteiger partial charge in [-0.2, -0.15) is 5.10 Å². The van der Waals surface area contributed by atoms with E-state index in [1.165, 1.54) is 0 Å². The van der Waals surface area contributed by atoms with Crippen LogP contribution in [0.25, 0.3) is 10.9 Å². The maximum absolute atomic E-state index is 14.1. The molecule has 0 bridgehead atoms. The van der Waals surface area contributed by atoms with Crippen molar-refractivity contribution >= 4 is 36.4 Å². The largest absolute Gasteiger partial charge is 0.480 e. The van der Waals surface area contributed by atoms with Gasteiger partial charge in [-0.15, -0.1) is 0 Å². The van der Waals surface area contributed by atoms with Gasteiger partial charge >= 0.3 is 18.2 Å². The number of amides is 2. The van der Waals surface area contributed by atoms with Crippen LogP contribution in [0.2, 0.25) is 0 Å². The molecule has 1 aromatic heterocycles. The maximum Gasteiger partial charge on any atom is 0.419 e. The van der Waals surface area contributed by atoms with Crippen LogP contribution < -0.4 is 0 Å². The molecule has 1 fully saturated rings. The van der Waals surface area contributed by atoms with Gasteiger partial charge in [0.2, 0.25) is 7.37 Å². The van der Waals surface area contributed by atoms with Crippen LogP contribution in [-0.2, 0) is 29.9 Å². The third-order valence-electron chi connectivity index (χ3n) is 6.94. The Balaban J connectivity index is 1.77. The fourth-order valence-electron chi connectivity index (χ4n) is 5.07. The number of fused-ring (bicyclic) bond motifs is 1. The van der Waals surface area contributed by atoms with Crippen LogP contribution >= 0.6 is 7.37 Å². The summed E-state index contributed by atoms with van der Waals surface area (Å²) in [4.78, 5) is 41.5. The Kier molecular flexibility index (Phi) is 10.5. The minimum Gasteiger partial charge on any atom is -0.480 e. The van der Waals surface area contributed by atoms with E-state index in [2.05, 4.69) is 10.2 Å². The Hall–Kier alpha value is -2.95. The van der Waals surface area contributed by atoms with Gasteiger partial charge in [-0.25, -0.2) is 14.5 Å². The molecule has 42 heavy (non-hydrogen) atoms. The van der Waals surface area contributed by atoms with Gasteiger partial charge in [-0.05, 0) is 85.4 Å². The average molecular weight is 609 g/mol. The van der Waals surface area contributed by atoms with Gasteiger partial charge in [0.15, 0.2) is 5.16 Å². The summed E-state index contributed by atoms with van der Waals surface area (Å²) in [7, 11) is -3.59. The molecule has 2 unspecified atom stereocenters. The third-order valence-corrected chi connectivity index (χ3v) is 10.3. The van der Waals surface area contributed by atoms with E-state index >= 15 is 0 Å². The zero-order valence-electron chi connectivity index (χ0n) is 25.8. The lowest BCUT2D eigenvalue weighted by atomic mass is 9.99. The van der Waals surface area contributed by atoms with Crippen molar-refractivity contribution in [1.82, 2.24) is 20.0 Å². The molecule has 1 aliphatic rings. The molecule has 0 spiro atoms. The number of unbranched alkanes of at least 4 members (excludes halogenated alkanes) is 1. The molecule has 234 valence electrons. The highest BCUT2D eigenvalue weighted by atomic mass is 31.2. The number of imide groups is 1. The summed E-state index contributed by atoms with van der Waals surface area (Å²) in [5, 5.41) is 16.8. The smallest absolute Gasteiger partial charge is 0.419 e. The lowest BCUT2D eigenvalue weighted by molar-refractivity contribution is -0.141. The van der Waals surface area contributed by atoms with Crippen LogP contribution in [0.1, 0.15) is 73.3 Å². The van der Waals surface area contributed by atoms with E-state index in [0.29, 0.717) is 13.1 Å². The molecule has 0 saturated carbocycles. The number of H-pyrrole nitrogens is 1. The molecule has 1 aromatic carbocycles. The summed E-state index contributed by atoms with van der Waals surface area (Å²) in [6.45, 7) is 12.9. The van der Waals surface area contributed by atoms with Crippen LogP contribution in [0.15, 0.2) is 24.4 Å². The van der Waals surface area contributed by atoms with Crippen LogP contribution in [0.4, 0.5) is 9.59 Å². The van der Waals surface area contributed by atoms with Crippen molar-refractivity contribution < 1.29 is 38.1 Å². The van der Waals surface area contributed by atoms with Crippen LogP contribution in [0, 0.1) is 0 Å². The third kappa shape index (κ3) is 8.33. The molecular formula is C29H45N4O8P. The number of aromatic amines is 1. The molecule has 3 rings (SSSR count). The van der Waals surface area contributed by atoms with E-state index in [1.54, 1.807) is 54.7 Å². The van der Waals surface area contributed by atoms with E-state index in [-0.39, 0.29) is 45.1 Å². The second-order valence-electron chi connectivity index (χ2n) is 12.7. The van der Waals surface area contributed by atoms with E-state index in [1.807, 2.05) is 23.1 Å². The van der Waals surface area contributed by atoms with Crippen molar-refractivity contribution in [2.75, 3.05) is 32.4 Å². The molecule has 2 atom stereocenters. The Morgan fingerprint density at radius 3 is 2.31 bits per heavy atom. The van der Waals surface area contributed by atoms with Gasteiger partial charge in [0.1, 0.15) is 11.2 Å². The van der Waals surface area contributed by atoms with Crippen LogP contribution in [0.3, 0.4) is 0 Å².